The van der Waals surface area contributed by atoms with Crippen LogP contribution in [0.1, 0.15) is 19.3 Å². The number of halogens is 2. The van der Waals surface area contributed by atoms with Crippen LogP contribution in [-0.2, 0) is 14.8 Å². The molecule has 2 aromatic rings. The van der Waals surface area contributed by atoms with E-state index in [1.165, 1.54) is 0 Å². The molecule has 0 radical (unpaired) electrons. The molecule has 0 aliphatic carbocycles. The molecule has 2 aromatic carbocycles. The van der Waals surface area contributed by atoms with E-state index in [0.717, 1.165) is 43.3 Å². The van der Waals surface area contributed by atoms with Crippen LogP contribution in [0.3, 0.4) is 0 Å². The van der Waals surface area contributed by atoms with Gasteiger partial charge in [-0.1, -0.05) is 24.3 Å². The maximum Gasteiger partial charge on any atom is 0.246 e. The highest BCUT2D eigenvalue weighted by atomic mass is 32.2. The first-order valence-corrected chi connectivity index (χ1v) is 10.9. The summed E-state index contributed by atoms with van der Waals surface area (Å²) in [6, 6.07) is 12.9. The zero-order valence-electron chi connectivity index (χ0n) is 15.8. The summed E-state index contributed by atoms with van der Waals surface area (Å²) >= 11 is 0. The lowest BCUT2D eigenvalue weighted by molar-refractivity contribution is -0.120. The highest BCUT2D eigenvalue weighted by molar-refractivity contribution is 7.89. The zero-order valence-corrected chi connectivity index (χ0v) is 16.6. The fraction of sp³-hybridized carbons (Fsp3) is 0.350. The number of hydrogen-bond donors (Lipinski definition) is 2. The third-order valence-electron chi connectivity index (χ3n) is 4.83. The van der Waals surface area contributed by atoms with E-state index in [1.54, 1.807) is 0 Å². The molecule has 9 heteroatoms. The maximum absolute atomic E-state index is 13.7. The van der Waals surface area contributed by atoms with Crippen LogP contribution in [0.4, 0.5) is 14.5 Å². The summed E-state index contributed by atoms with van der Waals surface area (Å²) in [6.07, 6.45) is 1.85. The van der Waals surface area contributed by atoms with E-state index >= 15 is 0 Å². The molecular formula is C20H23F2N3O3S. The Morgan fingerprint density at radius 1 is 1.07 bits per heavy atom. The van der Waals surface area contributed by atoms with E-state index in [-0.39, 0.29) is 24.9 Å². The molecule has 29 heavy (non-hydrogen) atoms. The second kappa shape index (κ2) is 9.32. The fourth-order valence-corrected chi connectivity index (χ4v) is 4.60. The molecule has 2 N–H and O–H groups in total. The van der Waals surface area contributed by atoms with Crippen molar-refractivity contribution >= 4 is 21.6 Å². The maximum atomic E-state index is 13.7. The van der Waals surface area contributed by atoms with Crippen molar-refractivity contribution in [2.75, 3.05) is 24.5 Å². The molecule has 1 unspecified atom stereocenters. The van der Waals surface area contributed by atoms with Crippen LogP contribution in [-0.4, -0.2) is 40.0 Å². The van der Waals surface area contributed by atoms with Gasteiger partial charge in [0.2, 0.25) is 15.9 Å². The van der Waals surface area contributed by atoms with Gasteiger partial charge in [0.15, 0.2) is 4.90 Å². The third-order valence-corrected chi connectivity index (χ3v) is 6.34. The third kappa shape index (κ3) is 5.30. The van der Waals surface area contributed by atoms with E-state index in [0.29, 0.717) is 6.54 Å². The van der Waals surface area contributed by atoms with Gasteiger partial charge in [0.25, 0.3) is 0 Å². The van der Waals surface area contributed by atoms with Gasteiger partial charge in [-0.15, -0.1) is 0 Å². The number of hydrogen-bond acceptors (Lipinski definition) is 4. The number of anilines is 1. The molecule has 1 atom stereocenters. The summed E-state index contributed by atoms with van der Waals surface area (Å²) in [5.74, 6) is -2.69. The summed E-state index contributed by atoms with van der Waals surface area (Å²) in [6.45, 7) is 1.11. The molecule has 1 fully saturated rings. The van der Waals surface area contributed by atoms with Crippen molar-refractivity contribution < 1.29 is 22.0 Å². The van der Waals surface area contributed by atoms with Gasteiger partial charge in [-0.25, -0.2) is 21.9 Å². The number of rotatable bonds is 8. The molecule has 156 valence electrons. The minimum Gasteiger partial charge on any atom is -0.367 e. The van der Waals surface area contributed by atoms with Crippen LogP contribution in [0, 0.1) is 11.6 Å². The first kappa shape index (κ1) is 21.2. The topological polar surface area (TPSA) is 78.5 Å². The molecule has 1 amide bonds. The first-order valence-electron chi connectivity index (χ1n) is 9.40. The number of nitrogens with zero attached hydrogens (tertiary/aromatic N) is 1. The quantitative estimate of drug-likeness (QED) is 0.684. The summed E-state index contributed by atoms with van der Waals surface area (Å²) in [7, 11) is -4.38. The van der Waals surface area contributed by atoms with Gasteiger partial charge in [-0.2, -0.15) is 0 Å². The van der Waals surface area contributed by atoms with Crippen LogP contribution in [0.2, 0.25) is 0 Å². The van der Waals surface area contributed by atoms with Gasteiger partial charge in [0.1, 0.15) is 11.6 Å². The minimum absolute atomic E-state index is 0.132. The fourth-order valence-electron chi connectivity index (χ4n) is 3.44. The van der Waals surface area contributed by atoms with Crippen molar-refractivity contribution in [1.82, 2.24) is 10.0 Å². The molecule has 1 saturated heterocycles. The molecule has 1 aliphatic rings. The van der Waals surface area contributed by atoms with Gasteiger partial charge in [-0.3, -0.25) is 4.79 Å². The van der Waals surface area contributed by atoms with Crippen molar-refractivity contribution in [2.45, 2.75) is 30.2 Å². The Kier molecular flexibility index (Phi) is 6.81. The summed E-state index contributed by atoms with van der Waals surface area (Å²) in [5.41, 5.74) is 1.10. The van der Waals surface area contributed by atoms with Gasteiger partial charge in [-0.05, 0) is 37.1 Å². The second-order valence-corrected chi connectivity index (χ2v) is 8.53. The Bertz CT molecular complexity index is 934. The Morgan fingerprint density at radius 2 is 1.76 bits per heavy atom. The number of nitrogens with one attached hydrogen (secondary N) is 2. The van der Waals surface area contributed by atoms with Crippen LogP contribution in [0.5, 0.6) is 0 Å². The van der Waals surface area contributed by atoms with Crippen LogP contribution in [0.15, 0.2) is 53.4 Å². The molecule has 0 saturated carbocycles. The van der Waals surface area contributed by atoms with Crippen LogP contribution < -0.4 is 14.9 Å². The molecular weight excluding hydrogens is 400 g/mol. The SMILES string of the molecule is O=C(CCNS(=O)(=O)c1c(F)cccc1F)NCC1CCCN1c1ccccc1. The van der Waals surface area contributed by atoms with Crippen molar-refractivity contribution in [3.05, 3.63) is 60.2 Å². The lowest BCUT2D eigenvalue weighted by Gasteiger charge is -2.27. The van der Waals surface area contributed by atoms with Gasteiger partial charge in [0, 0.05) is 37.8 Å². The van der Waals surface area contributed by atoms with Gasteiger partial charge in [0.05, 0.1) is 0 Å². The number of carbonyl (C=O) groups excluding carboxylic acids is 1. The molecule has 0 spiro atoms. The zero-order chi connectivity index (χ0) is 20.9. The van der Waals surface area contributed by atoms with Crippen molar-refractivity contribution in [2.24, 2.45) is 0 Å². The van der Waals surface area contributed by atoms with E-state index in [4.69, 9.17) is 0 Å². The standard InChI is InChI=1S/C20H23F2N3O3S/c21-17-9-4-10-18(22)20(17)29(27,28)24-12-11-19(26)23-14-16-8-5-13-25(16)15-6-2-1-3-7-15/h1-4,6-7,9-10,16,24H,5,8,11-14H2,(H,23,26). The predicted octanol–water partition coefficient (Wildman–Crippen LogP) is 2.42. The average molecular weight is 423 g/mol. The smallest absolute Gasteiger partial charge is 0.246 e. The number of amides is 1. The summed E-state index contributed by atoms with van der Waals surface area (Å²) in [4.78, 5) is 13.3. The number of benzene rings is 2. The molecule has 0 aromatic heterocycles. The number of carbonyl (C=O) groups is 1. The van der Waals surface area contributed by atoms with E-state index in [2.05, 4.69) is 14.9 Å². The summed E-state index contributed by atoms with van der Waals surface area (Å²) in [5, 5.41) is 2.81. The normalized spacial score (nSPS) is 16.8. The molecule has 6 nitrogen and oxygen atoms in total. The van der Waals surface area contributed by atoms with E-state index in [9.17, 15) is 22.0 Å². The second-order valence-electron chi connectivity index (χ2n) is 6.83. The Labute approximate surface area is 169 Å². The lowest BCUT2D eigenvalue weighted by atomic mass is 10.2. The average Bonchev–Trinajstić information content (AvgIpc) is 3.15. The van der Waals surface area contributed by atoms with Crippen LogP contribution in [0.25, 0.3) is 0 Å². The predicted molar refractivity (Wildman–Crippen MR) is 106 cm³/mol. The molecule has 0 bridgehead atoms. The Balaban J connectivity index is 1.48. The Morgan fingerprint density at radius 3 is 2.45 bits per heavy atom. The number of para-hydroxylation sites is 1. The monoisotopic (exact) mass is 423 g/mol. The van der Waals surface area contributed by atoms with Crippen molar-refractivity contribution in [3.8, 4) is 0 Å². The van der Waals surface area contributed by atoms with Gasteiger partial charge >= 0.3 is 0 Å². The van der Waals surface area contributed by atoms with Crippen molar-refractivity contribution in [3.63, 3.8) is 0 Å². The highest BCUT2D eigenvalue weighted by Gasteiger charge is 2.26. The number of sulfonamides is 1. The van der Waals surface area contributed by atoms with Crippen LogP contribution >= 0.6 is 0 Å². The van der Waals surface area contributed by atoms with Crippen molar-refractivity contribution in [1.29, 1.82) is 0 Å². The minimum atomic E-state index is -4.38. The lowest BCUT2D eigenvalue weighted by Crippen LogP contribution is -2.41. The summed E-state index contributed by atoms with van der Waals surface area (Å²) < 4.78 is 53.6. The largest absolute Gasteiger partial charge is 0.367 e. The highest BCUT2D eigenvalue weighted by Crippen LogP contribution is 2.24. The molecule has 1 aliphatic heterocycles. The molecule has 3 rings (SSSR count). The first-order chi connectivity index (χ1) is 13.9. The van der Waals surface area contributed by atoms with E-state index < -0.39 is 26.6 Å². The van der Waals surface area contributed by atoms with E-state index in [1.807, 2.05) is 30.3 Å². The Hall–Kier alpha value is -2.52. The molecule has 1 heterocycles. The van der Waals surface area contributed by atoms with Gasteiger partial charge < -0.3 is 10.2 Å².